The van der Waals surface area contributed by atoms with Crippen molar-refractivity contribution >= 4 is 29.1 Å². The molecule has 0 spiro atoms. The molecule has 5 rings (SSSR count). The molecule has 1 aromatic heterocycles. The van der Waals surface area contributed by atoms with E-state index >= 15 is 4.39 Å². The van der Waals surface area contributed by atoms with E-state index < -0.39 is 17.6 Å². The number of fused-ring (bicyclic) bond motifs is 1. The Morgan fingerprint density at radius 3 is 2.79 bits per heavy atom. The molecule has 0 radical (unpaired) electrons. The van der Waals surface area contributed by atoms with Gasteiger partial charge in [0.1, 0.15) is 17.2 Å². The summed E-state index contributed by atoms with van der Waals surface area (Å²) in [6.07, 6.45) is 3.34. The summed E-state index contributed by atoms with van der Waals surface area (Å²) < 4.78 is 21.0. The number of benzene rings is 2. The van der Waals surface area contributed by atoms with E-state index in [0.717, 1.165) is 24.0 Å². The van der Waals surface area contributed by atoms with Crippen LogP contribution in [-0.4, -0.2) is 35.9 Å². The Morgan fingerprint density at radius 1 is 1.28 bits per heavy atom. The van der Waals surface area contributed by atoms with E-state index in [1.165, 1.54) is 12.3 Å². The molecule has 2 N–H and O–H groups in total. The van der Waals surface area contributed by atoms with Crippen molar-refractivity contribution in [3.63, 3.8) is 0 Å². The fraction of sp³-hybridized carbons (Fsp3) is 0.233. The highest BCUT2D eigenvalue weighted by molar-refractivity contribution is 6.36. The van der Waals surface area contributed by atoms with E-state index in [0.29, 0.717) is 45.7 Å². The van der Waals surface area contributed by atoms with Crippen LogP contribution in [0.2, 0.25) is 5.02 Å². The smallest absolute Gasteiger partial charge is 0.263 e. The number of hydrogen-bond donors (Lipinski definition) is 2. The molecular formula is C30H28ClFN4O3. The molecule has 9 heteroatoms. The maximum absolute atomic E-state index is 15.4. The summed E-state index contributed by atoms with van der Waals surface area (Å²) in [7, 11) is 3.27. The largest absolute Gasteiger partial charge is 0.481 e. The average molecular weight is 547 g/mol. The SMILES string of the molecule is C=C1NC(=O)C(C(=O)Nc2cccc(-c3c(F)ccc(-c4cc5c(c(OC)n4)C(C)CC5)c3Cl)c2C)=CN1C. The number of pyridine rings is 1. The van der Waals surface area contributed by atoms with Crippen LogP contribution >= 0.6 is 11.6 Å². The topological polar surface area (TPSA) is 83.6 Å². The lowest BCUT2D eigenvalue weighted by molar-refractivity contribution is -0.121. The number of anilines is 1. The lowest BCUT2D eigenvalue weighted by Gasteiger charge is -2.24. The van der Waals surface area contributed by atoms with Gasteiger partial charge in [-0.05, 0) is 66.6 Å². The lowest BCUT2D eigenvalue weighted by atomic mass is 9.95. The fourth-order valence-electron chi connectivity index (χ4n) is 5.13. The van der Waals surface area contributed by atoms with Gasteiger partial charge in [-0.1, -0.05) is 37.2 Å². The predicted octanol–water partition coefficient (Wildman–Crippen LogP) is 5.93. The third-order valence-corrected chi connectivity index (χ3v) is 7.75. The maximum atomic E-state index is 15.4. The zero-order valence-electron chi connectivity index (χ0n) is 22.1. The number of aryl methyl sites for hydroxylation is 1. The van der Waals surface area contributed by atoms with Gasteiger partial charge in [-0.2, -0.15) is 0 Å². The Labute approximate surface area is 231 Å². The van der Waals surface area contributed by atoms with Gasteiger partial charge in [0.15, 0.2) is 0 Å². The number of aromatic nitrogens is 1. The summed E-state index contributed by atoms with van der Waals surface area (Å²) in [6, 6.07) is 10.1. The number of nitrogens with zero attached hydrogens (tertiary/aromatic N) is 2. The molecule has 200 valence electrons. The van der Waals surface area contributed by atoms with Crippen LogP contribution in [0, 0.1) is 12.7 Å². The van der Waals surface area contributed by atoms with Crippen LogP contribution in [0.3, 0.4) is 0 Å². The minimum absolute atomic E-state index is 0.0770. The first-order chi connectivity index (χ1) is 18.6. The Balaban J connectivity index is 1.54. The standard InChI is InChI=1S/C30H28ClFN4O3/c1-15-9-10-18-13-24(35-30(39-5)25(15)18)20-11-12-22(32)26(27(20)31)19-7-6-8-23(16(19)2)34-29(38)21-14-36(4)17(3)33-28(21)37/h6-8,11-15H,3,9-10H2,1-2,4-5H3,(H,33,37)(H,34,38). The monoisotopic (exact) mass is 546 g/mol. The molecule has 1 atom stereocenters. The van der Waals surface area contributed by atoms with Crippen LogP contribution in [-0.2, 0) is 16.0 Å². The molecule has 2 aromatic carbocycles. The van der Waals surface area contributed by atoms with Crippen molar-refractivity contribution in [2.75, 3.05) is 19.5 Å². The minimum atomic E-state index is -0.601. The van der Waals surface area contributed by atoms with Gasteiger partial charge < -0.3 is 20.3 Å². The van der Waals surface area contributed by atoms with Crippen molar-refractivity contribution in [3.05, 3.63) is 88.1 Å². The van der Waals surface area contributed by atoms with Gasteiger partial charge in [0.05, 0.1) is 17.8 Å². The zero-order chi connectivity index (χ0) is 28.0. The van der Waals surface area contributed by atoms with E-state index in [2.05, 4.69) is 24.1 Å². The first-order valence-corrected chi connectivity index (χ1v) is 12.9. The quantitative estimate of drug-likeness (QED) is 0.388. The Morgan fingerprint density at radius 2 is 2.05 bits per heavy atom. The van der Waals surface area contributed by atoms with Crippen LogP contribution < -0.4 is 15.4 Å². The highest BCUT2D eigenvalue weighted by Crippen LogP contribution is 2.44. The number of carbonyl (C=O) groups excluding carboxylic acids is 2. The van der Waals surface area contributed by atoms with Crippen molar-refractivity contribution in [1.82, 2.24) is 15.2 Å². The maximum Gasteiger partial charge on any atom is 0.263 e. The molecule has 1 aliphatic carbocycles. The lowest BCUT2D eigenvalue weighted by Crippen LogP contribution is -2.39. The summed E-state index contributed by atoms with van der Waals surface area (Å²) >= 11 is 6.87. The highest BCUT2D eigenvalue weighted by atomic mass is 35.5. The number of methoxy groups -OCH3 is 1. The van der Waals surface area contributed by atoms with E-state index in [1.54, 1.807) is 50.2 Å². The second kappa shape index (κ2) is 10.2. The molecule has 2 amide bonds. The van der Waals surface area contributed by atoms with E-state index in [-0.39, 0.29) is 16.2 Å². The van der Waals surface area contributed by atoms with Gasteiger partial charge in [-0.15, -0.1) is 0 Å². The Hall–Kier alpha value is -4.17. The van der Waals surface area contributed by atoms with E-state index in [1.807, 2.05) is 6.07 Å². The molecule has 0 saturated carbocycles. The first-order valence-electron chi connectivity index (χ1n) is 12.5. The average Bonchev–Trinajstić information content (AvgIpc) is 3.28. The Bertz CT molecular complexity index is 1580. The number of rotatable bonds is 5. The van der Waals surface area contributed by atoms with Gasteiger partial charge in [0.2, 0.25) is 5.88 Å². The molecule has 39 heavy (non-hydrogen) atoms. The Kier molecular flexibility index (Phi) is 6.91. The normalized spacial score (nSPS) is 16.5. The molecule has 0 bridgehead atoms. The third kappa shape index (κ3) is 4.65. The summed E-state index contributed by atoms with van der Waals surface area (Å²) in [5.74, 6) is -0.387. The van der Waals surface area contributed by atoms with Crippen LogP contribution in [0.15, 0.2) is 60.6 Å². The molecule has 0 fully saturated rings. The van der Waals surface area contributed by atoms with Crippen molar-refractivity contribution in [2.24, 2.45) is 0 Å². The van der Waals surface area contributed by atoms with Crippen LogP contribution in [0.5, 0.6) is 5.88 Å². The van der Waals surface area contributed by atoms with Gasteiger partial charge in [-0.25, -0.2) is 9.37 Å². The highest BCUT2D eigenvalue weighted by Gasteiger charge is 2.28. The van der Waals surface area contributed by atoms with E-state index in [9.17, 15) is 9.59 Å². The number of carbonyl (C=O) groups is 2. The van der Waals surface area contributed by atoms with Gasteiger partial charge >= 0.3 is 0 Å². The molecule has 2 heterocycles. The number of nitrogens with one attached hydrogen (secondary N) is 2. The molecule has 2 aliphatic rings. The summed E-state index contributed by atoms with van der Waals surface area (Å²) in [5.41, 5.74) is 5.08. The van der Waals surface area contributed by atoms with Crippen molar-refractivity contribution < 1.29 is 18.7 Å². The van der Waals surface area contributed by atoms with Gasteiger partial charge in [-0.3, -0.25) is 9.59 Å². The molecule has 0 saturated heterocycles. The molecular weight excluding hydrogens is 519 g/mol. The number of halogens is 2. The minimum Gasteiger partial charge on any atom is -0.481 e. The first kappa shape index (κ1) is 26.4. The summed E-state index contributed by atoms with van der Waals surface area (Å²) in [5, 5.41) is 5.52. The molecule has 1 aliphatic heterocycles. The second-order valence-electron chi connectivity index (χ2n) is 9.80. The fourth-order valence-corrected chi connectivity index (χ4v) is 5.49. The molecule has 1 unspecified atom stereocenters. The van der Waals surface area contributed by atoms with Crippen molar-refractivity contribution in [1.29, 1.82) is 0 Å². The number of ether oxygens (including phenoxy) is 1. The van der Waals surface area contributed by atoms with Gasteiger partial charge in [0.25, 0.3) is 11.8 Å². The number of hydrogen-bond acceptors (Lipinski definition) is 5. The molecule has 7 nitrogen and oxygen atoms in total. The van der Waals surface area contributed by atoms with Crippen molar-refractivity contribution in [2.45, 2.75) is 32.6 Å². The van der Waals surface area contributed by atoms with Crippen LogP contribution in [0.4, 0.5) is 10.1 Å². The third-order valence-electron chi connectivity index (χ3n) is 7.36. The van der Waals surface area contributed by atoms with Gasteiger partial charge in [0, 0.05) is 35.6 Å². The van der Waals surface area contributed by atoms with Crippen LogP contribution in [0.25, 0.3) is 22.4 Å². The zero-order valence-corrected chi connectivity index (χ0v) is 22.9. The summed E-state index contributed by atoms with van der Waals surface area (Å²) in [6.45, 7) is 7.63. The predicted molar refractivity (Wildman–Crippen MR) is 150 cm³/mol. The van der Waals surface area contributed by atoms with E-state index in [4.69, 9.17) is 21.3 Å². The van der Waals surface area contributed by atoms with Crippen LogP contribution in [0.1, 0.15) is 36.0 Å². The second-order valence-corrected chi connectivity index (χ2v) is 10.2. The molecule has 3 aromatic rings. The van der Waals surface area contributed by atoms with Crippen molar-refractivity contribution in [3.8, 4) is 28.3 Å². The number of amides is 2. The summed E-state index contributed by atoms with van der Waals surface area (Å²) in [4.78, 5) is 31.6.